The fourth-order valence-electron chi connectivity index (χ4n) is 3.21. The molecule has 2 saturated carbocycles. The van der Waals surface area contributed by atoms with Crippen LogP contribution in [0.3, 0.4) is 0 Å². The van der Waals surface area contributed by atoms with Crippen LogP contribution in [-0.4, -0.2) is 27.9 Å². The zero-order valence-electron chi connectivity index (χ0n) is 12.1. The Labute approximate surface area is 120 Å². The Balaban J connectivity index is 1.79. The van der Waals surface area contributed by atoms with Crippen molar-refractivity contribution in [2.24, 2.45) is 11.1 Å². The van der Waals surface area contributed by atoms with Crippen molar-refractivity contribution in [1.29, 1.82) is 0 Å². The van der Waals surface area contributed by atoms with Gasteiger partial charge in [0.05, 0.1) is 17.7 Å². The maximum absolute atomic E-state index is 13.0. The Kier molecular flexibility index (Phi) is 3.50. The van der Waals surface area contributed by atoms with Crippen molar-refractivity contribution in [3.8, 4) is 0 Å². The third kappa shape index (κ3) is 2.44. The second-order valence-electron chi connectivity index (χ2n) is 6.40. The number of aromatic nitrogens is 1. The number of carbonyl (C=O) groups is 1. The predicted octanol–water partition coefficient (Wildman–Crippen LogP) is 2.09. The van der Waals surface area contributed by atoms with E-state index in [2.05, 4.69) is 4.98 Å². The molecule has 1 amide bonds. The highest BCUT2D eigenvalue weighted by molar-refractivity contribution is 5.84. The molecule has 20 heavy (non-hydrogen) atoms. The topological polar surface area (TPSA) is 59.2 Å². The van der Waals surface area contributed by atoms with Crippen LogP contribution in [0.25, 0.3) is 0 Å². The molecule has 0 bridgehead atoms. The smallest absolute Gasteiger partial charge is 0.230 e. The van der Waals surface area contributed by atoms with Gasteiger partial charge in [-0.2, -0.15) is 0 Å². The number of nitrogens with zero attached hydrogens (tertiary/aromatic N) is 2. The van der Waals surface area contributed by atoms with E-state index in [9.17, 15) is 4.79 Å². The predicted molar refractivity (Wildman–Crippen MR) is 77.7 cm³/mol. The Morgan fingerprint density at radius 3 is 2.80 bits per heavy atom. The van der Waals surface area contributed by atoms with E-state index < -0.39 is 0 Å². The average Bonchev–Trinajstić information content (AvgIpc) is 3.24. The molecular formula is C16H23N3O. The van der Waals surface area contributed by atoms with Crippen LogP contribution in [0, 0.1) is 5.41 Å². The fourth-order valence-corrected chi connectivity index (χ4v) is 3.21. The molecule has 0 saturated heterocycles. The Hall–Kier alpha value is -1.42. The summed E-state index contributed by atoms with van der Waals surface area (Å²) in [6.45, 7) is 2.66. The van der Waals surface area contributed by atoms with Gasteiger partial charge in [0.1, 0.15) is 0 Å². The molecular weight excluding hydrogens is 250 g/mol. The van der Waals surface area contributed by atoms with Gasteiger partial charge in [-0.3, -0.25) is 9.78 Å². The van der Waals surface area contributed by atoms with Gasteiger partial charge in [0.2, 0.25) is 5.91 Å². The first-order valence-corrected chi connectivity index (χ1v) is 7.58. The summed E-state index contributed by atoms with van der Waals surface area (Å²) in [5.41, 5.74) is 6.79. The van der Waals surface area contributed by atoms with Crippen molar-refractivity contribution in [2.45, 2.75) is 57.7 Å². The van der Waals surface area contributed by atoms with Crippen LogP contribution in [0.2, 0.25) is 0 Å². The summed E-state index contributed by atoms with van der Waals surface area (Å²) in [6.07, 6.45) is 6.95. The normalized spacial score (nSPS) is 29.4. The molecule has 0 radical (unpaired) electrons. The summed E-state index contributed by atoms with van der Waals surface area (Å²) in [4.78, 5) is 19.4. The lowest BCUT2D eigenvalue weighted by Gasteiger charge is -2.34. The van der Waals surface area contributed by atoms with E-state index in [-0.39, 0.29) is 17.4 Å². The minimum Gasteiger partial charge on any atom is -0.333 e. The molecule has 1 aromatic heterocycles. The third-order valence-electron chi connectivity index (χ3n) is 4.83. The van der Waals surface area contributed by atoms with Crippen LogP contribution >= 0.6 is 0 Å². The maximum atomic E-state index is 13.0. The lowest BCUT2D eigenvalue weighted by atomic mass is 9.83. The first-order chi connectivity index (χ1) is 9.61. The molecule has 2 aliphatic carbocycles. The molecule has 2 atom stereocenters. The van der Waals surface area contributed by atoms with Gasteiger partial charge in [0.15, 0.2) is 0 Å². The van der Waals surface area contributed by atoms with Gasteiger partial charge in [0.25, 0.3) is 0 Å². The van der Waals surface area contributed by atoms with E-state index in [0.29, 0.717) is 12.6 Å². The van der Waals surface area contributed by atoms with E-state index in [1.165, 1.54) is 0 Å². The Morgan fingerprint density at radius 1 is 1.45 bits per heavy atom. The molecule has 4 heteroatoms. The van der Waals surface area contributed by atoms with E-state index in [0.717, 1.165) is 37.8 Å². The van der Waals surface area contributed by atoms with Crippen LogP contribution in [0.15, 0.2) is 24.4 Å². The highest BCUT2D eigenvalue weighted by Gasteiger charge is 2.47. The number of pyridine rings is 1. The minimum atomic E-state index is -0.378. The molecule has 3 rings (SSSR count). The number of hydrogen-bond acceptors (Lipinski definition) is 3. The van der Waals surface area contributed by atoms with Crippen LogP contribution in [0.5, 0.6) is 0 Å². The van der Waals surface area contributed by atoms with E-state index in [1.807, 2.05) is 30.0 Å². The zero-order chi connectivity index (χ0) is 14.2. The molecule has 1 heterocycles. The van der Waals surface area contributed by atoms with Crippen molar-refractivity contribution in [3.63, 3.8) is 0 Å². The summed E-state index contributed by atoms with van der Waals surface area (Å²) in [6, 6.07) is 6.26. The Bertz CT molecular complexity index is 486. The van der Waals surface area contributed by atoms with Crippen LogP contribution < -0.4 is 5.73 Å². The molecule has 1 aromatic rings. The molecule has 2 N–H and O–H groups in total. The molecule has 0 spiro atoms. The van der Waals surface area contributed by atoms with Crippen molar-refractivity contribution >= 4 is 5.91 Å². The third-order valence-corrected chi connectivity index (χ3v) is 4.83. The minimum absolute atomic E-state index is 0.0000162. The molecule has 0 aromatic carbocycles. The monoisotopic (exact) mass is 273 g/mol. The summed E-state index contributed by atoms with van der Waals surface area (Å²) in [7, 11) is 0. The van der Waals surface area contributed by atoms with Crippen LogP contribution in [0.4, 0.5) is 0 Å². The van der Waals surface area contributed by atoms with Gasteiger partial charge >= 0.3 is 0 Å². The van der Waals surface area contributed by atoms with Crippen molar-refractivity contribution < 1.29 is 4.79 Å². The molecule has 2 unspecified atom stereocenters. The molecule has 2 aliphatic rings. The lowest BCUT2D eigenvalue weighted by Crippen LogP contribution is -2.49. The fraction of sp³-hybridized carbons (Fsp3) is 0.625. The van der Waals surface area contributed by atoms with Crippen LogP contribution in [-0.2, 0) is 11.3 Å². The van der Waals surface area contributed by atoms with Crippen LogP contribution in [0.1, 0.15) is 44.7 Å². The highest BCUT2D eigenvalue weighted by Crippen LogP contribution is 2.41. The lowest BCUT2D eigenvalue weighted by molar-refractivity contribution is -0.143. The number of amides is 1. The Morgan fingerprint density at radius 2 is 2.25 bits per heavy atom. The summed E-state index contributed by atoms with van der Waals surface area (Å²) in [5.74, 6) is 0.232. The van der Waals surface area contributed by atoms with Gasteiger partial charge < -0.3 is 10.6 Å². The molecule has 108 valence electrons. The van der Waals surface area contributed by atoms with Gasteiger partial charge in [-0.05, 0) is 44.7 Å². The van der Waals surface area contributed by atoms with Gasteiger partial charge in [-0.15, -0.1) is 0 Å². The van der Waals surface area contributed by atoms with E-state index in [4.69, 9.17) is 5.73 Å². The molecule has 4 nitrogen and oxygen atoms in total. The summed E-state index contributed by atoms with van der Waals surface area (Å²) < 4.78 is 0. The quantitative estimate of drug-likeness (QED) is 0.914. The van der Waals surface area contributed by atoms with Gasteiger partial charge in [-0.25, -0.2) is 0 Å². The second-order valence-corrected chi connectivity index (χ2v) is 6.40. The van der Waals surface area contributed by atoms with Gasteiger partial charge in [0, 0.05) is 18.3 Å². The zero-order valence-corrected chi connectivity index (χ0v) is 12.1. The second kappa shape index (κ2) is 5.17. The van der Waals surface area contributed by atoms with Crippen molar-refractivity contribution in [1.82, 2.24) is 9.88 Å². The first kappa shape index (κ1) is 13.6. The first-order valence-electron chi connectivity index (χ1n) is 7.58. The highest BCUT2D eigenvalue weighted by atomic mass is 16.2. The molecule has 0 aliphatic heterocycles. The summed E-state index contributed by atoms with van der Waals surface area (Å²) >= 11 is 0. The van der Waals surface area contributed by atoms with E-state index in [1.54, 1.807) is 6.20 Å². The van der Waals surface area contributed by atoms with E-state index >= 15 is 0 Å². The number of rotatable bonds is 4. The molecule has 2 fully saturated rings. The van der Waals surface area contributed by atoms with Crippen molar-refractivity contribution in [2.75, 3.05) is 0 Å². The maximum Gasteiger partial charge on any atom is 0.230 e. The number of carbonyl (C=O) groups excluding carboxylic acids is 1. The number of nitrogens with two attached hydrogens (primary N) is 1. The number of hydrogen-bond donors (Lipinski definition) is 1. The van der Waals surface area contributed by atoms with Gasteiger partial charge in [-0.1, -0.05) is 12.5 Å². The standard InChI is InChI=1S/C16H23N3O/c1-16(9-4-6-14(16)17)15(20)19(13-7-8-13)11-12-5-2-3-10-18-12/h2-3,5,10,13-14H,4,6-9,11,17H2,1H3. The average molecular weight is 273 g/mol. The van der Waals surface area contributed by atoms with Crippen molar-refractivity contribution in [3.05, 3.63) is 30.1 Å². The SMILES string of the molecule is CC1(C(=O)N(Cc2ccccn2)C2CC2)CCCC1N. The summed E-state index contributed by atoms with van der Waals surface area (Å²) in [5, 5.41) is 0. The largest absolute Gasteiger partial charge is 0.333 e.